The fourth-order valence-electron chi connectivity index (χ4n) is 5.27. The van der Waals surface area contributed by atoms with Crippen LogP contribution >= 0.6 is 0 Å². The van der Waals surface area contributed by atoms with E-state index in [2.05, 4.69) is 17.6 Å². The molecular formula is C32H53N3O4. The second-order valence-corrected chi connectivity index (χ2v) is 12.7. The summed E-state index contributed by atoms with van der Waals surface area (Å²) in [7, 11) is 0. The first kappa shape index (κ1) is 32.6. The van der Waals surface area contributed by atoms with Gasteiger partial charge in [-0.2, -0.15) is 0 Å². The third-order valence-electron chi connectivity index (χ3n) is 7.22. The Morgan fingerprint density at radius 1 is 1.05 bits per heavy atom. The predicted molar refractivity (Wildman–Crippen MR) is 158 cm³/mol. The first-order chi connectivity index (χ1) is 18.3. The summed E-state index contributed by atoms with van der Waals surface area (Å²) in [6.07, 6.45) is 7.89. The molecule has 7 heteroatoms. The zero-order chi connectivity index (χ0) is 29.2. The lowest BCUT2D eigenvalue weighted by molar-refractivity contribution is -0.143. The highest BCUT2D eigenvalue weighted by atomic mass is 16.6. The van der Waals surface area contributed by atoms with Gasteiger partial charge in [-0.05, 0) is 77.3 Å². The van der Waals surface area contributed by atoms with Crippen LogP contribution in [0.25, 0.3) is 0 Å². The van der Waals surface area contributed by atoms with Gasteiger partial charge >= 0.3 is 6.09 Å². The number of carbonyl (C=O) groups is 3. The van der Waals surface area contributed by atoms with E-state index in [1.54, 1.807) is 25.7 Å². The Morgan fingerprint density at radius 2 is 1.72 bits per heavy atom. The van der Waals surface area contributed by atoms with Crippen LogP contribution in [-0.2, 0) is 14.3 Å². The van der Waals surface area contributed by atoms with E-state index in [0.717, 1.165) is 61.6 Å². The Morgan fingerprint density at radius 3 is 2.31 bits per heavy atom. The van der Waals surface area contributed by atoms with Crippen molar-refractivity contribution in [2.24, 2.45) is 5.92 Å². The number of hydrogen-bond acceptors (Lipinski definition) is 4. The normalized spacial score (nSPS) is 15.9. The van der Waals surface area contributed by atoms with Crippen LogP contribution < -0.4 is 10.6 Å². The van der Waals surface area contributed by atoms with Crippen LogP contribution in [0.1, 0.15) is 122 Å². The number of amides is 3. The number of nitrogens with one attached hydrogen (secondary N) is 2. The van der Waals surface area contributed by atoms with Crippen LogP contribution in [0.4, 0.5) is 4.79 Å². The molecule has 0 heterocycles. The highest BCUT2D eigenvalue weighted by molar-refractivity contribution is 5.92. The third kappa shape index (κ3) is 10.8. The molecular weight excluding hydrogens is 490 g/mol. The van der Waals surface area contributed by atoms with Crippen LogP contribution in [0, 0.1) is 19.8 Å². The lowest BCUT2D eigenvalue weighted by Crippen LogP contribution is -2.54. The van der Waals surface area contributed by atoms with Gasteiger partial charge in [0.05, 0.1) is 0 Å². The largest absolute Gasteiger partial charge is 0.444 e. The van der Waals surface area contributed by atoms with Gasteiger partial charge in [0.25, 0.3) is 0 Å². The Bertz CT molecular complexity index is 947. The maximum Gasteiger partial charge on any atom is 0.408 e. The van der Waals surface area contributed by atoms with Crippen molar-refractivity contribution in [2.45, 2.75) is 137 Å². The average Bonchev–Trinajstić information content (AvgIpc) is 2.83. The number of benzene rings is 1. The van der Waals surface area contributed by atoms with Gasteiger partial charge in [0.15, 0.2) is 0 Å². The molecule has 220 valence electrons. The van der Waals surface area contributed by atoms with Crippen LogP contribution in [0.5, 0.6) is 0 Å². The molecule has 0 spiro atoms. The summed E-state index contributed by atoms with van der Waals surface area (Å²) in [5.74, 6) is -0.224. The first-order valence-corrected chi connectivity index (χ1v) is 15.0. The van der Waals surface area contributed by atoms with Crippen LogP contribution in [0.15, 0.2) is 18.2 Å². The molecule has 2 rings (SSSR count). The first-order valence-electron chi connectivity index (χ1n) is 15.0. The molecule has 1 fully saturated rings. The Hall–Kier alpha value is -2.57. The monoisotopic (exact) mass is 543 g/mol. The molecule has 0 saturated heterocycles. The number of rotatable bonds is 12. The van der Waals surface area contributed by atoms with Crippen molar-refractivity contribution < 1.29 is 19.1 Å². The molecule has 0 aromatic heterocycles. The average molecular weight is 544 g/mol. The summed E-state index contributed by atoms with van der Waals surface area (Å²) in [5.41, 5.74) is 2.17. The standard InChI is InChI=1S/C32H53N3O4/c1-9-10-14-19-35(30(37)27(20-22(2)3)34-31(38)39-32(6,7)8)28(26-21-23(4)17-18-24(26)5)29(36)33-25-15-12-11-13-16-25/h17-18,21-22,25,27-28H,9-16,19-20H2,1-8H3,(H,33,36)(H,34,38). The van der Waals surface area contributed by atoms with Crippen molar-refractivity contribution in [3.8, 4) is 0 Å². The van der Waals surface area contributed by atoms with E-state index in [9.17, 15) is 14.4 Å². The summed E-state index contributed by atoms with van der Waals surface area (Å²) >= 11 is 0. The molecule has 0 radical (unpaired) electrons. The van der Waals surface area contributed by atoms with Gasteiger partial charge in [0.1, 0.15) is 17.7 Å². The van der Waals surface area contributed by atoms with Gasteiger partial charge in [-0.25, -0.2) is 4.79 Å². The number of carbonyl (C=O) groups excluding carboxylic acids is 3. The number of nitrogens with zero attached hydrogens (tertiary/aromatic N) is 1. The van der Waals surface area contributed by atoms with Crippen LogP contribution in [0.2, 0.25) is 0 Å². The second kappa shape index (κ2) is 15.3. The molecule has 3 amide bonds. The molecule has 1 aromatic carbocycles. The molecule has 0 bridgehead atoms. The molecule has 7 nitrogen and oxygen atoms in total. The second-order valence-electron chi connectivity index (χ2n) is 12.7. The van der Waals surface area contributed by atoms with Crippen molar-refractivity contribution in [3.63, 3.8) is 0 Å². The van der Waals surface area contributed by atoms with Crippen LogP contribution in [0.3, 0.4) is 0 Å². The van der Waals surface area contributed by atoms with Crippen molar-refractivity contribution in [3.05, 3.63) is 34.9 Å². The minimum absolute atomic E-state index is 0.123. The third-order valence-corrected chi connectivity index (χ3v) is 7.22. The number of aryl methyl sites for hydroxylation is 2. The molecule has 1 aliphatic rings. The Balaban J connectivity index is 2.52. The highest BCUT2D eigenvalue weighted by Crippen LogP contribution is 2.29. The van der Waals surface area contributed by atoms with Crippen molar-refractivity contribution in [1.82, 2.24) is 15.5 Å². The molecule has 2 unspecified atom stereocenters. The van der Waals surface area contributed by atoms with Crippen LogP contribution in [-0.4, -0.2) is 47.0 Å². The highest BCUT2D eigenvalue weighted by Gasteiger charge is 2.37. The maximum absolute atomic E-state index is 14.4. The lowest BCUT2D eigenvalue weighted by Gasteiger charge is -2.36. The summed E-state index contributed by atoms with van der Waals surface area (Å²) in [4.78, 5) is 43.0. The van der Waals surface area contributed by atoms with Gasteiger partial charge in [0.2, 0.25) is 11.8 Å². The summed E-state index contributed by atoms with van der Waals surface area (Å²) in [5, 5.41) is 6.14. The van der Waals surface area contributed by atoms with E-state index >= 15 is 0 Å². The Labute approximate surface area is 236 Å². The van der Waals surface area contributed by atoms with Gasteiger partial charge in [-0.3, -0.25) is 9.59 Å². The minimum atomic E-state index is -0.795. The number of hydrogen-bond donors (Lipinski definition) is 2. The van der Waals surface area contributed by atoms with Crippen molar-refractivity contribution in [1.29, 1.82) is 0 Å². The van der Waals surface area contributed by atoms with E-state index in [-0.39, 0.29) is 23.8 Å². The molecule has 2 N–H and O–H groups in total. The number of alkyl carbamates (subject to hydrolysis) is 1. The quantitative estimate of drug-likeness (QED) is 0.285. The molecule has 0 aliphatic heterocycles. The summed E-state index contributed by atoms with van der Waals surface area (Å²) in [6, 6.07) is 4.63. The van der Waals surface area contributed by atoms with E-state index in [4.69, 9.17) is 4.74 Å². The summed E-state index contributed by atoms with van der Waals surface area (Å²) < 4.78 is 5.51. The molecule has 1 aromatic rings. The smallest absolute Gasteiger partial charge is 0.408 e. The fourth-order valence-corrected chi connectivity index (χ4v) is 5.27. The van der Waals surface area contributed by atoms with E-state index in [1.165, 1.54) is 6.42 Å². The molecule has 39 heavy (non-hydrogen) atoms. The van der Waals surface area contributed by atoms with Gasteiger partial charge < -0.3 is 20.3 Å². The van der Waals surface area contributed by atoms with E-state index in [0.29, 0.717) is 13.0 Å². The van der Waals surface area contributed by atoms with Crippen molar-refractivity contribution in [2.75, 3.05) is 6.54 Å². The van der Waals surface area contributed by atoms with Gasteiger partial charge in [-0.1, -0.05) is 76.6 Å². The fraction of sp³-hybridized carbons (Fsp3) is 0.719. The lowest BCUT2D eigenvalue weighted by atomic mass is 9.92. The SMILES string of the molecule is CCCCCN(C(=O)C(CC(C)C)NC(=O)OC(C)(C)C)C(C(=O)NC1CCCCC1)c1cc(C)ccc1C. The maximum atomic E-state index is 14.4. The van der Waals surface area contributed by atoms with E-state index < -0.39 is 23.8 Å². The predicted octanol–water partition coefficient (Wildman–Crippen LogP) is 6.75. The van der Waals surface area contributed by atoms with E-state index in [1.807, 2.05) is 45.9 Å². The zero-order valence-electron chi connectivity index (χ0n) is 25.7. The van der Waals surface area contributed by atoms with Gasteiger partial charge in [0, 0.05) is 12.6 Å². The summed E-state index contributed by atoms with van der Waals surface area (Å²) in [6.45, 7) is 16.0. The molecule has 1 saturated carbocycles. The zero-order valence-corrected chi connectivity index (χ0v) is 25.7. The number of ether oxygens (including phenoxy) is 1. The topological polar surface area (TPSA) is 87.7 Å². The number of unbranched alkanes of at least 4 members (excludes halogenated alkanes) is 2. The van der Waals surface area contributed by atoms with Gasteiger partial charge in [-0.15, -0.1) is 0 Å². The minimum Gasteiger partial charge on any atom is -0.444 e. The molecule has 2 atom stereocenters. The molecule has 1 aliphatic carbocycles. The Kier molecular flexibility index (Phi) is 12.8. The van der Waals surface area contributed by atoms with Crippen molar-refractivity contribution >= 4 is 17.9 Å².